The highest BCUT2D eigenvalue weighted by atomic mass is 35.5. The summed E-state index contributed by atoms with van der Waals surface area (Å²) < 4.78 is 0. The van der Waals surface area contributed by atoms with Gasteiger partial charge in [-0.05, 0) is 35.9 Å². The predicted octanol–water partition coefficient (Wildman–Crippen LogP) is 4.21. The van der Waals surface area contributed by atoms with Crippen molar-refractivity contribution in [3.05, 3.63) is 94.5 Å². The van der Waals surface area contributed by atoms with Crippen LogP contribution in [0.15, 0.2) is 72.8 Å². The standard InChI is InChI=1S/C22H16ClN3O2/c23-15-11-9-14(10-12-15)13-26-20(27)16-5-1-3-7-18(16)25-22(26)17-6-2-4-8-19(17)24-21(22)28/h1-12,25H,13H2,(H,24,28)/t22-/m1/s1. The maximum absolute atomic E-state index is 13.5. The lowest BCUT2D eigenvalue weighted by Gasteiger charge is -2.44. The molecule has 0 fully saturated rings. The number of nitrogens with one attached hydrogen (secondary N) is 2. The van der Waals surface area contributed by atoms with Gasteiger partial charge in [0.1, 0.15) is 0 Å². The number of carbonyl (C=O) groups is 2. The monoisotopic (exact) mass is 389 g/mol. The molecule has 0 bridgehead atoms. The molecular formula is C22H16ClN3O2. The lowest BCUT2D eigenvalue weighted by Crippen LogP contribution is -2.60. The number of anilines is 2. The van der Waals surface area contributed by atoms with E-state index in [-0.39, 0.29) is 18.4 Å². The molecule has 138 valence electrons. The molecule has 2 aliphatic heterocycles. The van der Waals surface area contributed by atoms with Crippen LogP contribution in [0.1, 0.15) is 21.5 Å². The molecule has 28 heavy (non-hydrogen) atoms. The number of para-hydroxylation sites is 2. The number of hydrogen-bond donors (Lipinski definition) is 2. The second kappa shape index (κ2) is 6.11. The Labute approximate surface area is 166 Å². The molecule has 5 rings (SSSR count). The molecule has 2 amide bonds. The SMILES string of the molecule is O=C1c2ccccc2N[C@@]2(C(=O)Nc3ccccc32)N1Cc1ccc(Cl)cc1. The molecule has 5 nitrogen and oxygen atoms in total. The highest BCUT2D eigenvalue weighted by Crippen LogP contribution is 2.45. The minimum absolute atomic E-state index is 0.198. The first-order valence-electron chi connectivity index (χ1n) is 8.94. The van der Waals surface area contributed by atoms with E-state index in [9.17, 15) is 9.59 Å². The highest BCUT2D eigenvalue weighted by molar-refractivity contribution is 6.30. The Kier molecular flexibility index (Phi) is 3.67. The van der Waals surface area contributed by atoms with Crippen LogP contribution in [0.3, 0.4) is 0 Å². The van der Waals surface area contributed by atoms with E-state index in [1.54, 1.807) is 23.1 Å². The summed E-state index contributed by atoms with van der Waals surface area (Å²) in [4.78, 5) is 28.3. The van der Waals surface area contributed by atoms with Gasteiger partial charge in [0.15, 0.2) is 0 Å². The molecule has 3 aromatic rings. The van der Waals surface area contributed by atoms with E-state index in [0.717, 1.165) is 11.1 Å². The summed E-state index contributed by atoms with van der Waals surface area (Å²) in [5.41, 5.74) is 2.20. The highest BCUT2D eigenvalue weighted by Gasteiger charge is 2.56. The van der Waals surface area contributed by atoms with E-state index in [4.69, 9.17) is 11.6 Å². The van der Waals surface area contributed by atoms with Crippen LogP contribution < -0.4 is 10.6 Å². The molecule has 2 aliphatic rings. The lowest BCUT2D eigenvalue weighted by molar-refractivity contribution is -0.125. The van der Waals surface area contributed by atoms with Crippen molar-refractivity contribution in [1.82, 2.24) is 4.90 Å². The Morgan fingerprint density at radius 2 is 1.54 bits per heavy atom. The maximum atomic E-state index is 13.5. The molecule has 0 saturated heterocycles. The fourth-order valence-electron chi connectivity index (χ4n) is 3.94. The van der Waals surface area contributed by atoms with Gasteiger partial charge in [0.25, 0.3) is 11.8 Å². The Balaban J connectivity index is 1.70. The minimum Gasteiger partial charge on any atom is -0.350 e. The number of amides is 2. The summed E-state index contributed by atoms with van der Waals surface area (Å²) in [6, 6.07) is 22.0. The average Bonchev–Trinajstić information content (AvgIpc) is 2.99. The third-order valence-corrected chi connectivity index (χ3v) is 5.52. The summed E-state index contributed by atoms with van der Waals surface area (Å²) in [6.45, 7) is 0.263. The molecule has 1 atom stereocenters. The Morgan fingerprint density at radius 1 is 0.857 bits per heavy atom. The topological polar surface area (TPSA) is 61.4 Å². The molecule has 3 aromatic carbocycles. The minimum atomic E-state index is -1.30. The summed E-state index contributed by atoms with van der Waals surface area (Å²) in [6.07, 6.45) is 0. The Bertz CT molecular complexity index is 1110. The number of benzene rings is 3. The van der Waals surface area contributed by atoms with Crippen molar-refractivity contribution in [2.45, 2.75) is 12.2 Å². The maximum Gasteiger partial charge on any atom is 0.276 e. The van der Waals surface area contributed by atoms with Gasteiger partial charge in [0.2, 0.25) is 5.66 Å². The molecule has 0 radical (unpaired) electrons. The fourth-order valence-corrected chi connectivity index (χ4v) is 4.06. The molecule has 6 heteroatoms. The van der Waals surface area contributed by atoms with Gasteiger partial charge in [-0.3, -0.25) is 14.5 Å². The zero-order valence-corrected chi connectivity index (χ0v) is 15.5. The summed E-state index contributed by atoms with van der Waals surface area (Å²) in [7, 11) is 0. The Morgan fingerprint density at radius 3 is 2.32 bits per heavy atom. The molecule has 2 N–H and O–H groups in total. The van der Waals surface area contributed by atoms with Crippen molar-refractivity contribution in [1.29, 1.82) is 0 Å². The summed E-state index contributed by atoms with van der Waals surface area (Å²) >= 11 is 6.00. The molecule has 0 unspecified atom stereocenters. The molecule has 1 spiro atoms. The van der Waals surface area contributed by atoms with Crippen LogP contribution in [-0.2, 0) is 17.0 Å². The van der Waals surface area contributed by atoms with Gasteiger partial charge in [-0.1, -0.05) is 54.1 Å². The third kappa shape index (κ3) is 2.33. The smallest absolute Gasteiger partial charge is 0.276 e. The van der Waals surface area contributed by atoms with E-state index in [1.165, 1.54) is 0 Å². The van der Waals surface area contributed by atoms with Crippen molar-refractivity contribution in [3.63, 3.8) is 0 Å². The van der Waals surface area contributed by atoms with E-state index in [0.29, 0.717) is 22.0 Å². The summed E-state index contributed by atoms with van der Waals surface area (Å²) in [5, 5.41) is 6.90. The molecular weight excluding hydrogens is 374 g/mol. The van der Waals surface area contributed by atoms with Crippen molar-refractivity contribution in [2.24, 2.45) is 0 Å². The predicted molar refractivity (Wildman–Crippen MR) is 108 cm³/mol. The van der Waals surface area contributed by atoms with Crippen LogP contribution >= 0.6 is 11.6 Å². The summed E-state index contributed by atoms with van der Waals surface area (Å²) in [5.74, 6) is -0.471. The Hall–Kier alpha value is -3.31. The normalized spacial score (nSPS) is 19.8. The van der Waals surface area contributed by atoms with Gasteiger partial charge < -0.3 is 10.6 Å². The van der Waals surface area contributed by atoms with Gasteiger partial charge in [-0.15, -0.1) is 0 Å². The van der Waals surface area contributed by atoms with Crippen LogP contribution in [0.4, 0.5) is 11.4 Å². The van der Waals surface area contributed by atoms with Crippen molar-refractivity contribution < 1.29 is 9.59 Å². The van der Waals surface area contributed by atoms with E-state index in [1.807, 2.05) is 54.6 Å². The first-order chi connectivity index (χ1) is 13.6. The lowest BCUT2D eigenvalue weighted by atomic mass is 9.92. The quantitative estimate of drug-likeness (QED) is 0.690. The van der Waals surface area contributed by atoms with Gasteiger partial charge >= 0.3 is 0 Å². The molecule has 0 aromatic heterocycles. The van der Waals surface area contributed by atoms with Crippen molar-refractivity contribution in [3.8, 4) is 0 Å². The van der Waals surface area contributed by atoms with Gasteiger partial charge in [-0.25, -0.2) is 0 Å². The van der Waals surface area contributed by atoms with Crippen LogP contribution in [0.2, 0.25) is 5.02 Å². The third-order valence-electron chi connectivity index (χ3n) is 5.27. The average molecular weight is 390 g/mol. The first kappa shape index (κ1) is 16.8. The molecule has 0 aliphatic carbocycles. The van der Waals surface area contributed by atoms with E-state index in [2.05, 4.69) is 10.6 Å². The number of hydrogen-bond acceptors (Lipinski definition) is 3. The van der Waals surface area contributed by atoms with Crippen molar-refractivity contribution >= 4 is 34.8 Å². The second-order valence-corrected chi connectivity index (χ2v) is 7.33. The molecule has 0 saturated carbocycles. The van der Waals surface area contributed by atoms with Crippen molar-refractivity contribution in [2.75, 3.05) is 10.6 Å². The zero-order chi connectivity index (χ0) is 19.3. The number of fused-ring (bicyclic) bond motifs is 3. The van der Waals surface area contributed by atoms with Crippen LogP contribution in [0.25, 0.3) is 0 Å². The number of halogens is 1. The number of rotatable bonds is 2. The van der Waals surface area contributed by atoms with Crippen LogP contribution in [0, 0.1) is 0 Å². The number of carbonyl (C=O) groups excluding carboxylic acids is 2. The van der Waals surface area contributed by atoms with E-state index < -0.39 is 5.66 Å². The van der Waals surface area contributed by atoms with Gasteiger partial charge in [0, 0.05) is 28.5 Å². The second-order valence-electron chi connectivity index (χ2n) is 6.90. The van der Waals surface area contributed by atoms with Crippen LogP contribution in [-0.4, -0.2) is 16.7 Å². The molecule has 2 heterocycles. The zero-order valence-electron chi connectivity index (χ0n) is 14.8. The van der Waals surface area contributed by atoms with E-state index >= 15 is 0 Å². The number of nitrogens with zero attached hydrogens (tertiary/aromatic N) is 1. The van der Waals surface area contributed by atoms with Crippen LogP contribution in [0.5, 0.6) is 0 Å². The van der Waals surface area contributed by atoms with Gasteiger partial charge in [0.05, 0.1) is 5.56 Å². The fraction of sp³-hybridized carbons (Fsp3) is 0.0909. The largest absolute Gasteiger partial charge is 0.350 e. The van der Waals surface area contributed by atoms with Gasteiger partial charge in [-0.2, -0.15) is 0 Å². The first-order valence-corrected chi connectivity index (χ1v) is 9.32.